The Morgan fingerprint density at radius 2 is 0.762 bits per heavy atom. The second-order valence-electron chi connectivity index (χ2n) is 9.06. The molecule has 128 valence electrons. The predicted molar refractivity (Wildman–Crippen MR) is 89.8 cm³/mol. The molecule has 0 aliphatic heterocycles. The molecule has 21 heavy (non-hydrogen) atoms. The van der Waals surface area contributed by atoms with E-state index in [9.17, 15) is 0 Å². The van der Waals surface area contributed by atoms with Crippen LogP contribution in [0.15, 0.2) is 0 Å². The predicted octanol–water partition coefficient (Wildman–Crippen LogP) is 4.83. The van der Waals surface area contributed by atoms with Crippen molar-refractivity contribution in [3.63, 3.8) is 0 Å². The maximum absolute atomic E-state index is 6.06. The van der Waals surface area contributed by atoms with Crippen LogP contribution >= 0.6 is 0 Å². The molecule has 3 heteroatoms. The van der Waals surface area contributed by atoms with Crippen LogP contribution in [0.2, 0.25) is 0 Å². The largest absolute Gasteiger partial charge is 0.375 e. The molecule has 0 aromatic rings. The van der Waals surface area contributed by atoms with Crippen molar-refractivity contribution < 1.29 is 14.2 Å². The summed E-state index contributed by atoms with van der Waals surface area (Å²) >= 11 is 0. The third kappa shape index (κ3) is 11.1. The normalized spacial score (nSPS) is 14.6. The lowest BCUT2D eigenvalue weighted by molar-refractivity contribution is -0.149. The molecular weight excluding hydrogens is 264 g/mol. The fraction of sp³-hybridized carbons (Fsp3) is 1.00. The van der Waals surface area contributed by atoms with Gasteiger partial charge >= 0.3 is 0 Å². The van der Waals surface area contributed by atoms with E-state index >= 15 is 0 Å². The number of ether oxygens (including phenoxy) is 3. The Labute approximate surface area is 132 Å². The zero-order valence-corrected chi connectivity index (χ0v) is 16.1. The van der Waals surface area contributed by atoms with Gasteiger partial charge in [-0.15, -0.1) is 0 Å². The first-order valence-electron chi connectivity index (χ1n) is 8.10. The molecule has 0 aliphatic carbocycles. The highest BCUT2D eigenvalue weighted by atomic mass is 16.5. The summed E-state index contributed by atoms with van der Waals surface area (Å²) in [5.41, 5.74) is -0.550. The minimum atomic E-state index is -0.149. The average Bonchev–Trinajstić information content (AvgIpc) is 2.25. The Morgan fingerprint density at radius 3 is 0.905 bits per heavy atom. The van der Waals surface area contributed by atoms with Crippen LogP contribution in [0.25, 0.3) is 0 Å². The maximum atomic E-state index is 6.06. The van der Waals surface area contributed by atoms with Crippen molar-refractivity contribution in [2.45, 2.75) is 92.5 Å². The molecule has 0 aromatic carbocycles. The van der Waals surface area contributed by atoms with Crippen molar-refractivity contribution >= 4 is 0 Å². The monoisotopic (exact) mass is 302 g/mol. The first-order chi connectivity index (χ1) is 9.18. The maximum Gasteiger partial charge on any atom is 0.0598 e. The summed E-state index contributed by atoms with van der Waals surface area (Å²) in [7, 11) is 0. The van der Waals surface area contributed by atoms with Crippen LogP contribution in [0.1, 0.15) is 75.7 Å². The van der Waals surface area contributed by atoms with E-state index in [1.54, 1.807) is 0 Å². The van der Waals surface area contributed by atoms with Crippen LogP contribution < -0.4 is 0 Å². The summed E-state index contributed by atoms with van der Waals surface area (Å²) in [6, 6.07) is 0. The van der Waals surface area contributed by atoms with Crippen LogP contribution in [0.4, 0.5) is 0 Å². The SMILES string of the molecule is CCC(COC(C)(C)C)(COC(C)(C)C)COC(C)(C)C. The third-order valence-electron chi connectivity index (χ3n) is 3.18. The van der Waals surface area contributed by atoms with Gasteiger partial charge in [0.2, 0.25) is 0 Å². The highest BCUT2D eigenvalue weighted by Crippen LogP contribution is 2.29. The lowest BCUT2D eigenvalue weighted by Gasteiger charge is -2.38. The second kappa shape index (κ2) is 7.43. The van der Waals surface area contributed by atoms with E-state index in [0.29, 0.717) is 19.8 Å². The summed E-state index contributed by atoms with van der Waals surface area (Å²) in [4.78, 5) is 0. The van der Waals surface area contributed by atoms with Gasteiger partial charge in [0.1, 0.15) is 0 Å². The first-order valence-corrected chi connectivity index (χ1v) is 8.10. The minimum absolute atomic E-state index is 0.103. The van der Waals surface area contributed by atoms with Gasteiger partial charge in [-0.2, -0.15) is 0 Å². The molecule has 0 spiro atoms. The first kappa shape index (κ1) is 20.9. The highest BCUT2D eigenvalue weighted by Gasteiger charge is 2.34. The molecule has 0 aliphatic rings. The molecule has 0 N–H and O–H groups in total. The van der Waals surface area contributed by atoms with Crippen LogP contribution in [0.5, 0.6) is 0 Å². The van der Waals surface area contributed by atoms with E-state index in [1.807, 2.05) is 0 Å². The summed E-state index contributed by atoms with van der Waals surface area (Å²) in [6.45, 7) is 22.9. The highest BCUT2D eigenvalue weighted by molar-refractivity contribution is 4.81. The summed E-state index contributed by atoms with van der Waals surface area (Å²) < 4.78 is 18.2. The number of rotatable bonds is 7. The molecule has 0 heterocycles. The van der Waals surface area contributed by atoms with Crippen LogP contribution in [-0.2, 0) is 14.2 Å². The summed E-state index contributed by atoms with van der Waals surface area (Å²) in [6.07, 6.45) is 0.968. The van der Waals surface area contributed by atoms with E-state index in [4.69, 9.17) is 14.2 Å². The van der Waals surface area contributed by atoms with Gasteiger partial charge < -0.3 is 14.2 Å². The van der Waals surface area contributed by atoms with Crippen LogP contribution in [0.3, 0.4) is 0 Å². The smallest absolute Gasteiger partial charge is 0.0598 e. The molecule has 0 saturated heterocycles. The molecule has 0 atom stereocenters. The van der Waals surface area contributed by atoms with E-state index < -0.39 is 0 Å². The van der Waals surface area contributed by atoms with Crippen molar-refractivity contribution in [3.8, 4) is 0 Å². The van der Waals surface area contributed by atoms with Gasteiger partial charge in [0.15, 0.2) is 0 Å². The topological polar surface area (TPSA) is 27.7 Å². The Balaban J connectivity index is 4.91. The van der Waals surface area contributed by atoms with E-state index in [2.05, 4.69) is 69.2 Å². The summed E-state index contributed by atoms with van der Waals surface area (Å²) in [5, 5.41) is 0. The molecular formula is C18H38O3. The molecule has 0 fully saturated rings. The van der Waals surface area contributed by atoms with Crippen molar-refractivity contribution in [2.75, 3.05) is 19.8 Å². The Kier molecular flexibility index (Phi) is 7.39. The Hall–Kier alpha value is -0.120. The molecule has 0 amide bonds. The lowest BCUT2D eigenvalue weighted by atomic mass is 9.87. The number of hydrogen-bond donors (Lipinski definition) is 0. The molecule has 0 radical (unpaired) electrons. The fourth-order valence-corrected chi connectivity index (χ4v) is 1.54. The van der Waals surface area contributed by atoms with Gasteiger partial charge in [0.25, 0.3) is 0 Å². The van der Waals surface area contributed by atoms with Gasteiger partial charge in [0, 0.05) is 5.41 Å². The zero-order valence-electron chi connectivity index (χ0n) is 16.1. The molecule has 0 saturated carbocycles. The minimum Gasteiger partial charge on any atom is -0.375 e. The molecule has 3 nitrogen and oxygen atoms in total. The van der Waals surface area contributed by atoms with Gasteiger partial charge in [-0.05, 0) is 68.7 Å². The standard InChI is InChI=1S/C18H38O3/c1-11-18(12-19-15(2,3)4,13-20-16(5,6)7)14-21-17(8,9)10/h11-14H2,1-10H3. The van der Waals surface area contributed by atoms with E-state index in [1.165, 1.54) is 0 Å². The zero-order chi connectivity index (χ0) is 16.9. The van der Waals surface area contributed by atoms with Crippen molar-refractivity contribution in [3.05, 3.63) is 0 Å². The Morgan fingerprint density at radius 1 is 0.524 bits per heavy atom. The fourth-order valence-electron chi connectivity index (χ4n) is 1.54. The van der Waals surface area contributed by atoms with Crippen LogP contribution in [0, 0.1) is 5.41 Å². The van der Waals surface area contributed by atoms with E-state index in [0.717, 1.165) is 6.42 Å². The van der Waals surface area contributed by atoms with Crippen molar-refractivity contribution in [1.29, 1.82) is 0 Å². The van der Waals surface area contributed by atoms with Gasteiger partial charge in [0.05, 0.1) is 36.6 Å². The second-order valence-corrected chi connectivity index (χ2v) is 9.06. The van der Waals surface area contributed by atoms with Crippen LogP contribution in [-0.4, -0.2) is 36.6 Å². The molecule has 0 aromatic heterocycles. The quantitative estimate of drug-likeness (QED) is 0.674. The van der Waals surface area contributed by atoms with Gasteiger partial charge in [-0.1, -0.05) is 6.92 Å². The molecule has 0 rings (SSSR count). The number of hydrogen-bond acceptors (Lipinski definition) is 3. The van der Waals surface area contributed by atoms with E-state index in [-0.39, 0.29) is 22.2 Å². The summed E-state index contributed by atoms with van der Waals surface area (Å²) in [5.74, 6) is 0. The van der Waals surface area contributed by atoms with Crippen molar-refractivity contribution in [1.82, 2.24) is 0 Å². The van der Waals surface area contributed by atoms with Crippen molar-refractivity contribution in [2.24, 2.45) is 5.41 Å². The third-order valence-corrected chi connectivity index (χ3v) is 3.18. The molecule has 0 unspecified atom stereocenters. The molecule has 0 bridgehead atoms. The van der Waals surface area contributed by atoms with Gasteiger partial charge in [-0.25, -0.2) is 0 Å². The van der Waals surface area contributed by atoms with Gasteiger partial charge in [-0.3, -0.25) is 0 Å². The average molecular weight is 302 g/mol. The Bertz CT molecular complexity index is 244. The lowest BCUT2D eigenvalue weighted by Crippen LogP contribution is -2.43.